The van der Waals surface area contributed by atoms with Crippen molar-refractivity contribution in [3.63, 3.8) is 0 Å². The standard InChI is InChI=1S/C34H37N5O3/c1-37(34(42)38-17-14-35-15-18-38)31(23-25-11-13-27-7-3-5-9-29(27)21-25)33(41)39-19-16-36-32(40)30(39)22-24-10-12-26-6-2-4-8-28(26)20-24/h2-13,20-21,30-31,35H,14-19,22-23H2,1H3,(H,36,40)/t30-,31-/m1/s1. The molecule has 0 unspecified atom stereocenters. The van der Waals surface area contributed by atoms with Crippen molar-refractivity contribution >= 4 is 39.4 Å². The number of rotatable bonds is 6. The number of hydrogen-bond donors (Lipinski definition) is 2. The first-order valence-electron chi connectivity index (χ1n) is 14.7. The second-order valence-corrected chi connectivity index (χ2v) is 11.3. The molecule has 4 amide bonds. The van der Waals surface area contributed by atoms with E-state index in [4.69, 9.17) is 0 Å². The molecule has 42 heavy (non-hydrogen) atoms. The first-order chi connectivity index (χ1) is 20.5. The smallest absolute Gasteiger partial charge is 0.320 e. The third kappa shape index (κ3) is 5.81. The first kappa shape index (κ1) is 27.7. The van der Waals surface area contributed by atoms with Crippen LogP contribution in [0.1, 0.15) is 11.1 Å². The van der Waals surface area contributed by atoms with Gasteiger partial charge >= 0.3 is 6.03 Å². The minimum absolute atomic E-state index is 0.164. The van der Waals surface area contributed by atoms with Gasteiger partial charge in [-0.3, -0.25) is 9.59 Å². The summed E-state index contributed by atoms with van der Waals surface area (Å²) in [6, 6.07) is 27.0. The Balaban J connectivity index is 1.30. The van der Waals surface area contributed by atoms with Gasteiger partial charge in [-0.25, -0.2) is 4.79 Å². The van der Waals surface area contributed by atoms with Gasteiger partial charge in [-0.2, -0.15) is 0 Å². The maximum Gasteiger partial charge on any atom is 0.320 e. The van der Waals surface area contributed by atoms with Gasteiger partial charge in [0.2, 0.25) is 11.8 Å². The van der Waals surface area contributed by atoms with Gasteiger partial charge in [-0.15, -0.1) is 0 Å². The van der Waals surface area contributed by atoms with Gasteiger partial charge in [0, 0.05) is 59.2 Å². The molecule has 2 heterocycles. The summed E-state index contributed by atoms with van der Waals surface area (Å²) in [5, 5.41) is 10.7. The van der Waals surface area contributed by atoms with Gasteiger partial charge in [-0.05, 0) is 32.7 Å². The zero-order valence-electron chi connectivity index (χ0n) is 24.0. The number of amides is 4. The summed E-state index contributed by atoms with van der Waals surface area (Å²) in [4.78, 5) is 46.5. The maximum atomic E-state index is 14.5. The number of carbonyl (C=O) groups excluding carboxylic acids is 3. The van der Waals surface area contributed by atoms with Gasteiger partial charge in [0.25, 0.3) is 0 Å². The molecule has 2 N–H and O–H groups in total. The molecule has 0 spiro atoms. The van der Waals surface area contributed by atoms with E-state index >= 15 is 0 Å². The van der Waals surface area contributed by atoms with E-state index in [9.17, 15) is 14.4 Å². The Morgan fingerprint density at radius 2 is 1.40 bits per heavy atom. The number of nitrogens with zero attached hydrogens (tertiary/aromatic N) is 3. The average molecular weight is 564 g/mol. The van der Waals surface area contributed by atoms with Crippen LogP contribution in [0.2, 0.25) is 0 Å². The molecule has 0 radical (unpaired) electrons. The summed E-state index contributed by atoms with van der Waals surface area (Å²) >= 11 is 0. The van der Waals surface area contributed by atoms with Crippen molar-refractivity contribution in [2.45, 2.75) is 24.9 Å². The summed E-state index contributed by atoms with van der Waals surface area (Å²) in [6.07, 6.45) is 0.763. The van der Waals surface area contributed by atoms with Crippen molar-refractivity contribution in [3.8, 4) is 0 Å². The summed E-state index contributed by atoms with van der Waals surface area (Å²) in [5.74, 6) is -0.363. The summed E-state index contributed by atoms with van der Waals surface area (Å²) in [6.45, 7) is 3.42. The van der Waals surface area contributed by atoms with Crippen molar-refractivity contribution in [1.82, 2.24) is 25.3 Å². The monoisotopic (exact) mass is 563 g/mol. The maximum absolute atomic E-state index is 14.5. The van der Waals surface area contributed by atoms with Crippen molar-refractivity contribution < 1.29 is 14.4 Å². The van der Waals surface area contributed by atoms with Crippen LogP contribution in [0.5, 0.6) is 0 Å². The first-order valence-corrected chi connectivity index (χ1v) is 14.7. The molecular weight excluding hydrogens is 526 g/mol. The predicted molar refractivity (Wildman–Crippen MR) is 165 cm³/mol. The van der Waals surface area contributed by atoms with Crippen molar-refractivity contribution in [3.05, 3.63) is 96.1 Å². The van der Waals surface area contributed by atoms with Crippen molar-refractivity contribution in [2.24, 2.45) is 0 Å². The molecule has 4 aromatic carbocycles. The average Bonchev–Trinajstić information content (AvgIpc) is 3.04. The molecule has 2 aliphatic heterocycles. The molecule has 0 saturated carbocycles. The molecule has 0 aromatic heterocycles. The van der Waals surface area contributed by atoms with E-state index in [-0.39, 0.29) is 17.8 Å². The molecule has 2 saturated heterocycles. The minimum Gasteiger partial charge on any atom is -0.353 e. The van der Waals surface area contributed by atoms with Crippen LogP contribution in [0.3, 0.4) is 0 Å². The largest absolute Gasteiger partial charge is 0.353 e. The number of fused-ring (bicyclic) bond motifs is 2. The minimum atomic E-state index is -0.751. The molecule has 2 fully saturated rings. The topological polar surface area (TPSA) is 85.0 Å². The highest BCUT2D eigenvalue weighted by Gasteiger charge is 2.39. The molecule has 6 rings (SSSR count). The lowest BCUT2D eigenvalue weighted by atomic mass is 9.96. The quantitative estimate of drug-likeness (QED) is 0.377. The Kier molecular flexibility index (Phi) is 8.06. The molecule has 0 bridgehead atoms. The molecule has 8 nitrogen and oxygen atoms in total. The van der Waals surface area contributed by atoms with Gasteiger partial charge in [0.05, 0.1) is 0 Å². The molecule has 2 atom stereocenters. The number of urea groups is 1. The number of likely N-dealkylation sites (N-methyl/N-ethyl adjacent to an activating group) is 1. The Labute approximate surface area is 246 Å². The van der Waals surface area contributed by atoms with Crippen LogP contribution < -0.4 is 10.6 Å². The number of carbonyl (C=O) groups is 3. The lowest BCUT2D eigenvalue weighted by Crippen LogP contribution is -2.63. The fourth-order valence-electron chi connectivity index (χ4n) is 6.15. The summed E-state index contributed by atoms with van der Waals surface area (Å²) < 4.78 is 0. The molecule has 216 valence electrons. The highest BCUT2D eigenvalue weighted by Crippen LogP contribution is 2.23. The molecule has 0 aliphatic carbocycles. The van der Waals surface area contributed by atoms with Crippen molar-refractivity contribution in [2.75, 3.05) is 46.3 Å². The van der Waals surface area contributed by atoms with Gasteiger partial charge in [0.1, 0.15) is 12.1 Å². The van der Waals surface area contributed by atoms with E-state index in [1.54, 1.807) is 21.7 Å². The SMILES string of the molecule is CN(C(=O)N1CCNCC1)[C@H](Cc1ccc2ccccc2c1)C(=O)N1CCNC(=O)[C@H]1Cc1ccc2ccccc2c1. The highest BCUT2D eigenvalue weighted by atomic mass is 16.2. The van der Waals surface area contributed by atoms with Gasteiger partial charge in [-0.1, -0.05) is 84.9 Å². The summed E-state index contributed by atoms with van der Waals surface area (Å²) in [5.41, 5.74) is 1.96. The highest BCUT2D eigenvalue weighted by molar-refractivity contribution is 5.93. The van der Waals surface area contributed by atoms with E-state index in [0.29, 0.717) is 39.0 Å². The third-order valence-electron chi connectivity index (χ3n) is 8.54. The van der Waals surface area contributed by atoms with Gasteiger partial charge < -0.3 is 25.3 Å². The van der Waals surface area contributed by atoms with Crippen LogP contribution in [0, 0.1) is 0 Å². The Morgan fingerprint density at radius 3 is 2.07 bits per heavy atom. The normalized spacial score (nSPS) is 18.1. The van der Waals surface area contributed by atoms with Crippen LogP contribution in [0.4, 0.5) is 4.79 Å². The van der Waals surface area contributed by atoms with E-state index in [0.717, 1.165) is 45.8 Å². The van der Waals surface area contributed by atoms with Crippen LogP contribution in [-0.4, -0.2) is 90.9 Å². The Bertz CT molecular complexity index is 1620. The number of benzene rings is 4. The zero-order valence-corrected chi connectivity index (χ0v) is 24.0. The lowest BCUT2D eigenvalue weighted by Gasteiger charge is -2.40. The van der Waals surface area contributed by atoms with E-state index in [1.165, 1.54) is 0 Å². The number of hydrogen-bond acceptors (Lipinski definition) is 4. The molecule has 4 aromatic rings. The van der Waals surface area contributed by atoms with Crippen LogP contribution in [0.15, 0.2) is 84.9 Å². The van der Waals surface area contributed by atoms with E-state index in [2.05, 4.69) is 59.2 Å². The molecular formula is C34H37N5O3. The second kappa shape index (κ2) is 12.2. The Morgan fingerprint density at radius 1 is 0.810 bits per heavy atom. The van der Waals surface area contributed by atoms with Crippen molar-refractivity contribution in [1.29, 1.82) is 0 Å². The Hall–Kier alpha value is -4.43. The fourth-order valence-corrected chi connectivity index (χ4v) is 6.15. The van der Waals surface area contributed by atoms with Crippen LogP contribution in [-0.2, 0) is 22.4 Å². The number of piperazine rings is 2. The number of nitrogens with one attached hydrogen (secondary N) is 2. The summed E-state index contributed by atoms with van der Waals surface area (Å²) in [7, 11) is 1.72. The van der Waals surface area contributed by atoms with E-state index in [1.807, 2.05) is 36.4 Å². The van der Waals surface area contributed by atoms with Crippen LogP contribution in [0.25, 0.3) is 21.5 Å². The zero-order chi connectivity index (χ0) is 29.1. The molecule has 8 heteroatoms. The lowest BCUT2D eigenvalue weighted by molar-refractivity contribution is -0.146. The third-order valence-corrected chi connectivity index (χ3v) is 8.54. The van der Waals surface area contributed by atoms with E-state index < -0.39 is 12.1 Å². The molecule has 2 aliphatic rings. The van der Waals surface area contributed by atoms with Crippen LogP contribution >= 0.6 is 0 Å². The fraction of sp³-hybridized carbons (Fsp3) is 0.324. The second-order valence-electron chi connectivity index (χ2n) is 11.3. The predicted octanol–water partition coefficient (Wildman–Crippen LogP) is 3.43. The van der Waals surface area contributed by atoms with Gasteiger partial charge in [0.15, 0.2) is 0 Å².